The zero-order valence-corrected chi connectivity index (χ0v) is 13.2. The predicted octanol–water partition coefficient (Wildman–Crippen LogP) is 2.32. The molecule has 0 unspecified atom stereocenters. The zero-order valence-electron chi connectivity index (χ0n) is 12.4. The number of hydrogen-bond acceptors (Lipinski definition) is 4. The summed E-state index contributed by atoms with van der Waals surface area (Å²) in [5.74, 6) is 0.0550. The lowest BCUT2D eigenvalue weighted by Crippen LogP contribution is -2.31. The van der Waals surface area contributed by atoms with E-state index in [1.54, 1.807) is 7.05 Å². The Balaban J connectivity index is 2.04. The number of thiophene rings is 1. The molecule has 1 saturated heterocycles. The van der Waals surface area contributed by atoms with Gasteiger partial charge in [0, 0.05) is 20.1 Å². The van der Waals surface area contributed by atoms with Gasteiger partial charge in [-0.25, -0.2) is 4.98 Å². The first-order valence-corrected chi connectivity index (χ1v) is 8.15. The predicted molar refractivity (Wildman–Crippen MR) is 84.0 cm³/mol. The molecule has 0 bridgehead atoms. The molecule has 0 N–H and O–H groups in total. The molecule has 1 amide bonds. The largest absolute Gasteiger partial charge is 0.338 e. The first-order valence-electron chi connectivity index (χ1n) is 7.33. The second kappa shape index (κ2) is 5.60. The van der Waals surface area contributed by atoms with Crippen molar-refractivity contribution in [3.8, 4) is 0 Å². The van der Waals surface area contributed by atoms with Crippen molar-refractivity contribution in [2.45, 2.75) is 32.6 Å². The molecule has 0 saturated carbocycles. The smallest absolute Gasteiger partial charge is 0.264 e. The lowest BCUT2D eigenvalue weighted by Gasteiger charge is -2.19. The Hall–Kier alpha value is -1.69. The van der Waals surface area contributed by atoms with E-state index in [1.807, 2.05) is 11.8 Å². The maximum absolute atomic E-state index is 12.7. The van der Waals surface area contributed by atoms with Crippen LogP contribution in [-0.2, 0) is 7.05 Å². The minimum absolute atomic E-state index is 0.0550. The number of nitrogens with zero attached hydrogens (tertiary/aromatic N) is 3. The van der Waals surface area contributed by atoms with E-state index in [9.17, 15) is 9.59 Å². The molecular weight excluding hydrogens is 286 g/mol. The van der Waals surface area contributed by atoms with Crippen LogP contribution in [-0.4, -0.2) is 33.4 Å². The Morgan fingerprint density at radius 3 is 2.57 bits per heavy atom. The van der Waals surface area contributed by atoms with Gasteiger partial charge in [0.15, 0.2) is 0 Å². The standard InChI is InChI=1S/C15H19N3O2S/c1-10-11-13(16-9-17(2)14(11)19)21-12(10)15(20)18-7-5-3-4-6-8-18/h9H,3-8H2,1-2H3. The molecule has 0 spiro atoms. The van der Waals surface area contributed by atoms with Crippen molar-refractivity contribution < 1.29 is 4.79 Å². The van der Waals surface area contributed by atoms with Crippen molar-refractivity contribution in [2.75, 3.05) is 13.1 Å². The van der Waals surface area contributed by atoms with E-state index in [0.29, 0.717) is 15.1 Å². The molecule has 5 nitrogen and oxygen atoms in total. The number of amides is 1. The highest BCUT2D eigenvalue weighted by atomic mass is 32.1. The molecule has 0 atom stereocenters. The minimum Gasteiger partial charge on any atom is -0.338 e. The van der Waals surface area contributed by atoms with E-state index in [2.05, 4.69) is 4.98 Å². The van der Waals surface area contributed by atoms with Crippen LogP contribution in [0.2, 0.25) is 0 Å². The van der Waals surface area contributed by atoms with Crippen molar-refractivity contribution in [1.82, 2.24) is 14.5 Å². The van der Waals surface area contributed by atoms with Crippen LogP contribution in [0.4, 0.5) is 0 Å². The second-order valence-electron chi connectivity index (χ2n) is 5.60. The van der Waals surface area contributed by atoms with Crippen LogP contribution in [0.15, 0.2) is 11.1 Å². The summed E-state index contributed by atoms with van der Waals surface area (Å²) in [6, 6.07) is 0. The van der Waals surface area contributed by atoms with Crippen LogP contribution >= 0.6 is 11.3 Å². The number of carbonyl (C=O) groups excluding carboxylic acids is 1. The first-order chi connectivity index (χ1) is 10.1. The molecule has 1 aliphatic heterocycles. The average molecular weight is 305 g/mol. The highest BCUT2D eigenvalue weighted by Crippen LogP contribution is 2.28. The zero-order chi connectivity index (χ0) is 15.0. The SMILES string of the molecule is Cc1c(C(=O)N2CCCCCC2)sc2ncn(C)c(=O)c12. The number of carbonyl (C=O) groups is 1. The van der Waals surface area contributed by atoms with Crippen molar-refractivity contribution >= 4 is 27.5 Å². The van der Waals surface area contributed by atoms with Gasteiger partial charge in [-0.1, -0.05) is 12.8 Å². The summed E-state index contributed by atoms with van der Waals surface area (Å²) in [5.41, 5.74) is 0.696. The van der Waals surface area contributed by atoms with Gasteiger partial charge in [-0.05, 0) is 25.3 Å². The van der Waals surface area contributed by atoms with Gasteiger partial charge in [-0.3, -0.25) is 9.59 Å². The van der Waals surface area contributed by atoms with Gasteiger partial charge in [0.1, 0.15) is 4.83 Å². The van der Waals surface area contributed by atoms with E-state index in [1.165, 1.54) is 35.1 Å². The number of fused-ring (bicyclic) bond motifs is 1. The lowest BCUT2D eigenvalue weighted by molar-refractivity contribution is 0.0766. The van der Waals surface area contributed by atoms with Crippen LogP contribution in [0.1, 0.15) is 40.9 Å². The van der Waals surface area contributed by atoms with Crippen molar-refractivity contribution in [3.05, 3.63) is 27.1 Å². The Bertz CT molecular complexity index is 739. The molecule has 21 heavy (non-hydrogen) atoms. The molecule has 0 aromatic carbocycles. The van der Waals surface area contributed by atoms with Crippen LogP contribution in [0, 0.1) is 6.92 Å². The normalized spacial score (nSPS) is 16.2. The van der Waals surface area contributed by atoms with E-state index in [-0.39, 0.29) is 11.5 Å². The summed E-state index contributed by atoms with van der Waals surface area (Å²) >= 11 is 1.34. The maximum Gasteiger partial charge on any atom is 0.264 e. The summed E-state index contributed by atoms with van der Waals surface area (Å²) in [4.78, 5) is 32.5. The average Bonchev–Trinajstić information content (AvgIpc) is 2.67. The second-order valence-corrected chi connectivity index (χ2v) is 6.60. The van der Waals surface area contributed by atoms with Crippen molar-refractivity contribution in [1.29, 1.82) is 0 Å². The number of hydrogen-bond donors (Lipinski definition) is 0. The van der Waals surface area contributed by atoms with Gasteiger partial charge >= 0.3 is 0 Å². The lowest BCUT2D eigenvalue weighted by atomic mass is 10.2. The third-order valence-corrected chi connectivity index (χ3v) is 5.29. The first kappa shape index (κ1) is 14.3. The minimum atomic E-state index is -0.0799. The highest BCUT2D eigenvalue weighted by molar-refractivity contribution is 7.20. The molecule has 3 heterocycles. The molecule has 2 aromatic rings. The van der Waals surface area contributed by atoms with Crippen molar-refractivity contribution in [3.63, 3.8) is 0 Å². The van der Waals surface area contributed by atoms with Gasteiger partial charge in [0.2, 0.25) is 0 Å². The molecule has 112 valence electrons. The monoisotopic (exact) mass is 305 g/mol. The number of rotatable bonds is 1. The van der Waals surface area contributed by atoms with Crippen LogP contribution < -0.4 is 5.56 Å². The van der Waals surface area contributed by atoms with Gasteiger partial charge in [-0.15, -0.1) is 11.3 Å². The Morgan fingerprint density at radius 1 is 1.24 bits per heavy atom. The fraction of sp³-hybridized carbons (Fsp3) is 0.533. The Labute approximate surface area is 127 Å². The van der Waals surface area contributed by atoms with Crippen molar-refractivity contribution in [2.24, 2.45) is 7.05 Å². The summed E-state index contributed by atoms with van der Waals surface area (Å²) in [5, 5.41) is 0.586. The summed E-state index contributed by atoms with van der Waals surface area (Å²) < 4.78 is 1.46. The molecule has 0 aliphatic carbocycles. The Morgan fingerprint density at radius 2 is 1.90 bits per heavy atom. The molecular formula is C15H19N3O2S. The molecule has 1 aliphatic rings. The van der Waals surface area contributed by atoms with Gasteiger partial charge in [0.05, 0.1) is 16.6 Å². The van der Waals surface area contributed by atoms with E-state index < -0.39 is 0 Å². The highest BCUT2D eigenvalue weighted by Gasteiger charge is 2.23. The van der Waals surface area contributed by atoms with Gasteiger partial charge < -0.3 is 9.47 Å². The van der Waals surface area contributed by atoms with Gasteiger partial charge in [0.25, 0.3) is 11.5 Å². The van der Waals surface area contributed by atoms with E-state index in [0.717, 1.165) is 31.5 Å². The third-order valence-electron chi connectivity index (χ3n) is 4.10. The van der Waals surface area contributed by atoms with Gasteiger partial charge in [-0.2, -0.15) is 0 Å². The molecule has 3 rings (SSSR count). The molecule has 1 fully saturated rings. The van der Waals surface area contributed by atoms with Crippen LogP contribution in [0.5, 0.6) is 0 Å². The Kier molecular flexibility index (Phi) is 3.80. The topological polar surface area (TPSA) is 55.2 Å². The summed E-state index contributed by atoms with van der Waals surface area (Å²) in [7, 11) is 1.68. The molecule has 6 heteroatoms. The fourth-order valence-electron chi connectivity index (χ4n) is 2.83. The molecule has 2 aromatic heterocycles. The number of aromatic nitrogens is 2. The maximum atomic E-state index is 12.7. The fourth-order valence-corrected chi connectivity index (χ4v) is 3.94. The van der Waals surface area contributed by atoms with E-state index >= 15 is 0 Å². The molecule has 0 radical (unpaired) electrons. The quantitative estimate of drug-likeness (QED) is 0.812. The summed E-state index contributed by atoms with van der Waals surface area (Å²) in [6.07, 6.45) is 6.03. The third kappa shape index (κ3) is 2.48. The summed E-state index contributed by atoms with van der Waals surface area (Å²) in [6.45, 7) is 3.49. The number of likely N-dealkylation sites (tertiary alicyclic amines) is 1. The van der Waals surface area contributed by atoms with E-state index in [4.69, 9.17) is 0 Å². The van der Waals surface area contributed by atoms with Crippen LogP contribution in [0.25, 0.3) is 10.2 Å². The van der Waals surface area contributed by atoms with Crippen LogP contribution in [0.3, 0.4) is 0 Å². The number of aryl methyl sites for hydroxylation is 2.